The number of benzene rings is 1. The lowest BCUT2D eigenvalue weighted by Gasteiger charge is -2.29. The van der Waals surface area contributed by atoms with Gasteiger partial charge in [0.05, 0.1) is 17.3 Å². The van der Waals surface area contributed by atoms with Crippen LogP contribution in [0, 0.1) is 0 Å². The first-order valence-corrected chi connectivity index (χ1v) is 6.34. The van der Waals surface area contributed by atoms with Crippen LogP contribution in [0.2, 0.25) is 5.02 Å². The predicted molar refractivity (Wildman–Crippen MR) is 67.1 cm³/mol. The van der Waals surface area contributed by atoms with Crippen LogP contribution in [0.3, 0.4) is 0 Å². The van der Waals surface area contributed by atoms with Gasteiger partial charge in [0.25, 0.3) is 0 Å². The fourth-order valence-corrected chi connectivity index (χ4v) is 2.73. The van der Waals surface area contributed by atoms with Crippen LogP contribution >= 0.6 is 11.6 Å². The van der Waals surface area contributed by atoms with Gasteiger partial charge >= 0.3 is 0 Å². The predicted octanol–water partition coefficient (Wildman–Crippen LogP) is 2.44. The number of fused-ring (bicyclic) bond motifs is 1. The summed E-state index contributed by atoms with van der Waals surface area (Å²) in [4.78, 5) is 13.4. The topological polar surface area (TPSA) is 29.5 Å². The first-order chi connectivity index (χ1) is 8.24. The number of ether oxygens (including phenoxy) is 1. The van der Waals surface area contributed by atoms with E-state index in [-0.39, 0.29) is 0 Å². The summed E-state index contributed by atoms with van der Waals surface area (Å²) in [6.07, 6.45) is 2.18. The summed E-state index contributed by atoms with van der Waals surface area (Å²) in [7, 11) is 0. The second-order valence-electron chi connectivity index (χ2n) is 4.54. The monoisotopic (exact) mass is 251 g/mol. The van der Waals surface area contributed by atoms with E-state index in [1.807, 2.05) is 12.1 Å². The van der Waals surface area contributed by atoms with E-state index in [9.17, 15) is 4.79 Å². The van der Waals surface area contributed by atoms with E-state index in [0.29, 0.717) is 18.6 Å². The number of hydrogen-bond donors (Lipinski definition) is 0. The van der Waals surface area contributed by atoms with Gasteiger partial charge in [-0.05, 0) is 11.6 Å². The van der Waals surface area contributed by atoms with Gasteiger partial charge in [0.1, 0.15) is 11.5 Å². The van der Waals surface area contributed by atoms with Crippen LogP contribution in [-0.4, -0.2) is 25.5 Å². The van der Waals surface area contributed by atoms with Crippen LogP contribution < -0.4 is 9.64 Å². The van der Waals surface area contributed by atoms with Crippen molar-refractivity contribution in [2.75, 3.05) is 24.6 Å². The van der Waals surface area contributed by atoms with E-state index in [2.05, 4.69) is 4.90 Å². The number of rotatable bonds is 1. The lowest BCUT2D eigenvalue weighted by molar-refractivity contribution is -0.119. The maximum atomic E-state index is 11.2. The summed E-state index contributed by atoms with van der Waals surface area (Å²) in [6, 6.07) is 4.01. The Morgan fingerprint density at radius 1 is 1.18 bits per heavy atom. The number of hydrogen-bond acceptors (Lipinski definition) is 3. The second-order valence-corrected chi connectivity index (χ2v) is 4.94. The summed E-state index contributed by atoms with van der Waals surface area (Å²) >= 11 is 6.30. The number of halogens is 1. The molecule has 4 heteroatoms. The molecule has 0 spiro atoms. The van der Waals surface area contributed by atoms with E-state index < -0.39 is 0 Å². The first kappa shape index (κ1) is 10.9. The molecule has 0 aliphatic carbocycles. The zero-order chi connectivity index (χ0) is 11.8. The highest BCUT2D eigenvalue weighted by Gasteiger charge is 2.21. The van der Waals surface area contributed by atoms with Crippen LogP contribution in [-0.2, 0) is 11.2 Å². The van der Waals surface area contributed by atoms with E-state index in [4.69, 9.17) is 16.3 Å². The van der Waals surface area contributed by atoms with Gasteiger partial charge in [-0.25, -0.2) is 0 Å². The van der Waals surface area contributed by atoms with Gasteiger partial charge in [0, 0.05) is 38.4 Å². The average Bonchev–Trinajstić information content (AvgIpc) is 2.76. The average molecular weight is 252 g/mol. The molecule has 1 aromatic rings. The third kappa shape index (κ3) is 2.00. The van der Waals surface area contributed by atoms with Gasteiger partial charge < -0.3 is 9.64 Å². The summed E-state index contributed by atoms with van der Waals surface area (Å²) in [5, 5.41) is 0.767. The van der Waals surface area contributed by atoms with Crippen molar-refractivity contribution in [1.29, 1.82) is 0 Å². The molecule has 3 nitrogen and oxygen atoms in total. The Labute approximate surface area is 105 Å². The molecule has 0 saturated carbocycles. The molecule has 0 atom stereocenters. The molecule has 1 aromatic carbocycles. The van der Waals surface area contributed by atoms with Crippen molar-refractivity contribution in [3.05, 3.63) is 22.7 Å². The zero-order valence-corrected chi connectivity index (χ0v) is 10.3. The molecule has 2 aliphatic heterocycles. The highest BCUT2D eigenvalue weighted by Crippen LogP contribution is 2.37. The van der Waals surface area contributed by atoms with E-state index in [1.165, 1.54) is 5.56 Å². The Balaban J connectivity index is 1.90. The fraction of sp³-hybridized carbons (Fsp3) is 0.462. The van der Waals surface area contributed by atoms with Gasteiger partial charge in [0.2, 0.25) is 0 Å². The Kier molecular flexibility index (Phi) is 2.71. The molecule has 17 heavy (non-hydrogen) atoms. The van der Waals surface area contributed by atoms with Crippen molar-refractivity contribution >= 4 is 23.1 Å². The van der Waals surface area contributed by atoms with Crippen molar-refractivity contribution in [1.82, 2.24) is 0 Å². The van der Waals surface area contributed by atoms with Crippen LogP contribution in [0.4, 0.5) is 5.69 Å². The van der Waals surface area contributed by atoms with Crippen LogP contribution in [0.25, 0.3) is 0 Å². The van der Waals surface area contributed by atoms with Crippen LogP contribution in [0.5, 0.6) is 5.75 Å². The molecule has 0 amide bonds. The van der Waals surface area contributed by atoms with E-state index in [0.717, 1.165) is 42.6 Å². The first-order valence-electron chi connectivity index (χ1n) is 5.96. The molecular weight excluding hydrogens is 238 g/mol. The van der Waals surface area contributed by atoms with Gasteiger partial charge in [-0.2, -0.15) is 0 Å². The smallest absolute Gasteiger partial charge is 0.136 e. The zero-order valence-electron chi connectivity index (χ0n) is 9.54. The van der Waals surface area contributed by atoms with Crippen molar-refractivity contribution < 1.29 is 9.53 Å². The summed E-state index contributed by atoms with van der Waals surface area (Å²) in [5.41, 5.74) is 2.19. The number of ketones is 1. The SMILES string of the molecule is O=C1CCN(c2cc3c(cc2Cl)CCO3)CC1. The lowest BCUT2D eigenvalue weighted by atomic mass is 10.1. The third-order valence-corrected chi connectivity index (χ3v) is 3.72. The maximum absolute atomic E-state index is 11.2. The van der Waals surface area contributed by atoms with E-state index in [1.54, 1.807) is 0 Å². The largest absolute Gasteiger partial charge is 0.493 e. The van der Waals surface area contributed by atoms with E-state index >= 15 is 0 Å². The molecule has 90 valence electrons. The van der Waals surface area contributed by atoms with Crippen molar-refractivity contribution in [3.63, 3.8) is 0 Å². The minimum Gasteiger partial charge on any atom is -0.493 e. The maximum Gasteiger partial charge on any atom is 0.136 e. The number of anilines is 1. The molecule has 0 unspecified atom stereocenters. The molecule has 1 saturated heterocycles. The Morgan fingerprint density at radius 3 is 2.71 bits per heavy atom. The van der Waals surface area contributed by atoms with Gasteiger partial charge in [-0.3, -0.25) is 4.79 Å². The minimum atomic E-state index is 0.342. The minimum absolute atomic E-state index is 0.342. The second kappa shape index (κ2) is 4.22. The fourth-order valence-electron chi connectivity index (χ4n) is 2.42. The Bertz CT molecular complexity index is 463. The highest BCUT2D eigenvalue weighted by atomic mass is 35.5. The van der Waals surface area contributed by atoms with Crippen LogP contribution in [0.1, 0.15) is 18.4 Å². The summed E-state index contributed by atoms with van der Waals surface area (Å²) in [5.74, 6) is 1.29. The molecule has 2 aliphatic rings. The van der Waals surface area contributed by atoms with Gasteiger partial charge in [-0.1, -0.05) is 11.6 Å². The Hall–Kier alpha value is -1.22. The van der Waals surface area contributed by atoms with Gasteiger partial charge in [-0.15, -0.1) is 0 Å². The van der Waals surface area contributed by atoms with Crippen molar-refractivity contribution in [2.45, 2.75) is 19.3 Å². The summed E-state index contributed by atoms with van der Waals surface area (Å²) in [6.45, 7) is 2.27. The van der Waals surface area contributed by atoms with Crippen molar-refractivity contribution in [3.8, 4) is 5.75 Å². The van der Waals surface area contributed by atoms with Crippen LogP contribution in [0.15, 0.2) is 12.1 Å². The number of carbonyl (C=O) groups excluding carboxylic acids is 1. The molecule has 0 bridgehead atoms. The number of carbonyl (C=O) groups is 1. The van der Waals surface area contributed by atoms with Crippen molar-refractivity contribution in [2.24, 2.45) is 0 Å². The molecule has 3 rings (SSSR count). The molecule has 0 aromatic heterocycles. The lowest BCUT2D eigenvalue weighted by Crippen LogP contribution is -2.33. The molecule has 0 radical (unpaired) electrons. The van der Waals surface area contributed by atoms with Gasteiger partial charge in [0.15, 0.2) is 0 Å². The molecular formula is C13H14ClNO2. The normalized spacial score (nSPS) is 19.1. The highest BCUT2D eigenvalue weighted by molar-refractivity contribution is 6.33. The molecule has 1 fully saturated rings. The summed E-state index contributed by atoms with van der Waals surface area (Å²) < 4.78 is 5.55. The molecule has 2 heterocycles. The third-order valence-electron chi connectivity index (χ3n) is 3.42. The number of Topliss-reactive ketones (excluding diaryl/α,β-unsaturated/α-hetero) is 1. The number of piperidine rings is 1. The Morgan fingerprint density at radius 2 is 1.94 bits per heavy atom. The quantitative estimate of drug-likeness (QED) is 0.768. The standard InChI is InChI=1S/C13H14ClNO2/c14-11-7-9-3-6-17-13(9)8-12(11)15-4-1-10(16)2-5-15/h7-8H,1-6H2. The molecule has 0 N–H and O–H groups in total. The number of nitrogens with zero attached hydrogens (tertiary/aromatic N) is 1.